The summed E-state index contributed by atoms with van der Waals surface area (Å²) < 4.78 is 30.0. The zero-order valence-electron chi connectivity index (χ0n) is 7.35. The van der Waals surface area contributed by atoms with Gasteiger partial charge in [0.15, 0.2) is 0 Å². The fourth-order valence-corrected chi connectivity index (χ4v) is 4.98. The van der Waals surface area contributed by atoms with Gasteiger partial charge in [-0.15, -0.1) is 0 Å². The highest BCUT2D eigenvalue weighted by atomic mass is 32.2. The van der Waals surface area contributed by atoms with E-state index in [1.807, 2.05) is 11.8 Å². The number of hydrogen-bond donors (Lipinski definition) is 1. The van der Waals surface area contributed by atoms with E-state index in [-0.39, 0.29) is 11.7 Å². The fourth-order valence-electron chi connectivity index (χ4n) is 2.55. The molecule has 0 aromatic rings. The predicted octanol–water partition coefficient (Wildman–Crippen LogP) is 1.26. The molecule has 1 unspecified atom stereocenters. The molecule has 1 saturated heterocycles. The molecule has 0 aromatic carbocycles. The van der Waals surface area contributed by atoms with Crippen molar-refractivity contribution in [2.75, 3.05) is 17.3 Å². The maximum atomic E-state index is 10.7. The lowest BCUT2D eigenvalue weighted by Crippen LogP contribution is -2.13. The van der Waals surface area contributed by atoms with Gasteiger partial charge in [0.1, 0.15) is 0 Å². The van der Waals surface area contributed by atoms with E-state index in [0.717, 1.165) is 24.7 Å². The number of fused-ring (bicyclic) bond motifs is 1. The minimum Gasteiger partial charge on any atom is -0.286 e. The maximum absolute atomic E-state index is 10.7. The van der Waals surface area contributed by atoms with Crippen molar-refractivity contribution < 1.29 is 13.0 Å². The maximum Gasteiger partial charge on any atom is 0.265 e. The standard InChI is InChI=1S/C8H14O3S2/c9-13(10,11)5-6-1-7-3-12-4-8(7)2-6/h6-8H,1-5H2,(H,9,10,11)/t6?,7-,8+. The molecular weight excluding hydrogens is 208 g/mol. The van der Waals surface area contributed by atoms with Crippen LogP contribution in [-0.4, -0.2) is 30.2 Å². The van der Waals surface area contributed by atoms with Crippen molar-refractivity contribution >= 4 is 21.9 Å². The summed E-state index contributed by atoms with van der Waals surface area (Å²) in [5, 5.41) is 0. The van der Waals surface area contributed by atoms with Crippen LogP contribution in [0.3, 0.4) is 0 Å². The van der Waals surface area contributed by atoms with Crippen LogP contribution in [0.4, 0.5) is 0 Å². The van der Waals surface area contributed by atoms with Gasteiger partial charge in [0.2, 0.25) is 0 Å². The molecule has 1 saturated carbocycles. The van der Waals surface area contributed by atoms with Crippen molar-refractivity contribution in [3.8, 4) is 0 Å². The summed E-state index contributed by atoms with van der Waals surface area (Å²) in [6, 6.07) is 0. The van der Waals surface area contributed by atoms with E-state index in [4.69, 9.17) is 4.55 Å². The van der Waals surface area contributed by atoms with E-state index < -0.39 is 10.1 Å². The fraction of sp³-hybridized carbons (Fsp3) is 1.00. The van der Waals surface area contributed by atoms with Crippen molar-refractivity contribution in [2.45, 2.75) is 12.8 Å². The second-order valence-corrected chi connectivity index (χ2v) is 6.72. The second kappa shape index (κ2) is 3.44. The molecule has 0 amide bonds. The minimum absolute atomic E-state index is 0.0231. The average molecular weight is 222 g/mol. The summed E-state index contributed by atoms with van der Waals surface area (Å²) in [4.78, 5) is 0. The van der Waals surface area contributed by atoms with E-state index in [2.05, 4.69) is 0 Å². The van der Waals surface area contributed by atoms with Gasteiger partial charge in [-0.3, -0.25) is 4.55 Å². The Kier molecular flexibility index (Phi) is 2.59. The van der Waals surface area contributed by atoms with Crippen LogP contribution >= 0.6 is 11.8 Å². The zero-order chi connectivity index (χ0) is 9.47. The zero-order valence-corrected chi connectivity index (χ0v) is 8.98. The Morgan fingerprint density at radius 2 is 1.77 bits per heavy atom. The van der Waals surface area contributed by atoms with Crippen molar-refractivity contribution in [3.63, 3.8) is 0 Å². The normalized spacial score (nSPS) is 39.3. The Morgan fingerprint density at radius 1 is 1.23 bits per heavy atom. The van der Waals surface area contributed by atoms with Gasteiger partial charge < -0.3 is 0 Å². The molecule has 5 heteroatoms. The SMILES string of the molecule is O=S(=O)(O)CC1C[C@H]2CSC[C@H]2C1. The molecule has 1 aliphatic carbocycles. The van der Waals surface area contributed by atoms with Gasteiger partial charge in [-0.05, 0) is 42.1 Å². The summed E-state index contributed by atoms with van der Waals surface area (Å²) in [6.45, 7) is 0. The topological polar surface area (TPSA) is 54.4 Å². The third-order valence-corrected chi connectivity index (χ3v) is 5.27. The van der Waals surface area contributed by atoms with E-state index in [0.29, 0.717) is 0 Å². The van der Waals surface area contributed by atoms with Gasteiger partial charge in [-0.2, -0.15) is 20.2 Å². The lowest BCUT2D eigenvalue weighted by atomic mass is 10.0. The summed E-state index contributed by atoms with van der Waals surface area (Å²) in [5.74, 6) is 4.00. The Bertz CT molecular complexity index is 274. The molecule has 1 heterocycles. The molecular formula is C8H14O3S2. The van der Waals surface area contributed by atoms with Crippen LogP contribution in [0.1, 0.15) is 12.8 Å². The quantitative estimate of drug-likeness (QED) is 0.715. The lowest BCUT2D eigenvalue weighted by molar-refractivity contribution is 0.461. The van der Waals surface area contributed by atoms with Crippen LogP contribution in [0.2, 0.25) is 0 Å². The van der Waals surface area contributed by atoms with Crippen LogP contribution < -0.4 is 0 Å². The molecule has 2 rings (SSSR count). The number of thioether (sulfide) groups is 1. The lowest BCUT2D eigenvalue weighted by Gasteiger charge is -2.07. The second-order valence-electron chi connectivity index (χ2n) is 4.14. The Morgan fingerprint density at radius 3 is 2.23 bits per heavy atom. The van der Waals surface area contributed by atoms with E-state index in [1.54, 1.807) is 0 Å². The molecule has 0 aromatic heterocycles. The van der Waals surface area contributed by atoms with Crippen molar-refractivity contribution in [2.24, 2.45) is 17.8 Å². The van der Waals surface area contributed by atoms with Gasteiger partial charge in [0.25, 0.3) is 10.1 Å². The third-order valence-electron chi connectivity index (χ3n) is 3.05. The molecule has 76 valence electrons. The number of rotatable bonds is 2. The molecule has 1 aliphatic heterocycles. The van der Waals surface area contributed by atoms with Gasteiger partial charge in [-0.1, -0.05) is 0 Å². The van der Waals surface area contributed by atoms with Crippen LogP contribution in [0, 0.1) is 17.8 Å². The van der Waals surface area contributed by atoms with E-state index in [1.165, 1.54) is 11.5 Å². The molecule has 0 bridgehead atoms. The largest absolute Gasteiger partial charge is 0.286 e. The molecule has 13 heavy (non-hydrogen) atoms. The van der Waals surface area contributed by atoms with Crippen molar-refractivity contribution in [1.29, 1.82) is 0 Å². The van der Waals surface area contributed by atoms with Crippen LogP contribution in [0.25, 0.3) is 0 Å². The molecule has 3 nitrogen and oxygen atoms in total. The van der Waals surface area contributed by atoms with Gasteiger partial charge >= 0.3 is 0 Å². The highest BCUT2D eigenvalue weighted by Crippen LogP contribution is 2.45. The van der Waals surface area contributed by atoms with Gasteiger partial charge in [-0.25, -0.2) is 0 Å². The summed E-state index contributed by atoms with van der Waals surface area (Å²) >= 11 is 1.97. The molecule has 1 N–H and O–H groups in total. The minimum atomic E-state index is -3.75. The monoisotopic (exact) mass is 222 g/mol. The Hall–Kier alpha value is 0.260. The molecule has 0 radical (unpaired) electrons. The summed E-state index contributed by atoms with van der Waals surface area (Å²) in [7, 11) is -3.75. The van der Waals surface area contributed by atoms with Gasteiger partial charge in [0, 0.05) is 0 Å². The first-order valence-corrected chi connectivity index (χ1v) is 7.34. The molecule has 2 fully saturated rings. The molecule has 3 atom stereocenters. The van der Waals surface area contributed by atoms with Gasteiger partial charge in [0.05, 0.1) is 5.75 Å². The first-order valence-electron chi connectivity index (χ1n) is 4.57. The third kappa shape index (κ3) is 2.39. The first kappa shape index (κ1) is 9.80. The van der Waals surface area contributed by atoms with E-state index >= 15 is 0 Å². The van der Waals surface area contributed by atoms with Crippen LogP contribution in [0.15, 0.2) is 0 Å². The van der Waals surface area contributed by atoms with Crippen LogP contribution in [0.5, 0.6) is 0 Å². The summed E-state index contributed by atoms with van der Waals surface area (Å²) in [5.41, 5.74) is 0. The smallest absolute Gasteiger partial charge is 0.265 e. The molecule has 2 aliphatic rings. The highest BCUT2D eigenvalue weighted by molar-refractivity contribution is 7.99. The Balaban J connectivity index is 1.92. The van der Waals surface area contributed by atoms with Crippen molar-refractivity contribution in [3.05, 3.63) is 0 Å². The van der Waals surface area contributed by atoms with Crippen LogP contribution in [-0.2, 0) is 10.1 Å². The highest BCUT2D eigenvalue weighted by Gasteiger charge is 2.38. The first-order chi connectivity index (χ1) is 6.04. The average Bonchev–Trinajstić information content (AvgIpc) is 2.40. The Labute approximate surface area is 83.0 Å². The summed E-state index contributed by atoms with van der Waals surface area (Å²) in [6.07, 6.45) is 1.99. The van der Waals surface area contributed by atoms with E-state index in [9.17, 15) is 8.42 Å². The number of hydrogen-bond acceptors (Lipinski definition) is 3. The molecule has 0 spiro atoms. The van der Waals surface area contributed by atoms with Crippen molar-refractivity contribution in [1.82, 2.24) is 0 Å². The predicted molar refractivity (Wildman–Crippen MR) is 53.4 cm³/mol.